The summed E-state index contributed by atoms with van der Waals surface area (Å²) in [5.74, 6) is 1.31. The number of halogens is 1. The summed E-state index contributed by atoms with van der Waals surface area (Å²) in [6.07, 6.45) is 0. The number of benzene rings is 1. The van der Waals surface area contributed by atoms with Crippen molar-refractivity contribution in [1.82, 2.24) is 20.2 Å². The highest BCUT2D eigenvalue weighted by atomic mass is 35.5. The quantitative estimate of drug-likeness (QED) is 0.839. The molecule has 0 aliphatic heterocycles. The number of aromatic nitrogens is 4. The number of nitrogens with zero attached hydrogens (tertiary/aromatic N) is 4. The van der Waals surface area contributed by atoms with Crippen molar-refractivity contribution in [2.75, 3.05) is 0 Å². The van der Waals surface area contributed by atoms with Crippen molar-refractivity contribution in [3.8, 4) is 5.75 Å². The maximum Gasteiger partial charge on any atom is 0.212 e. The molecule has 0 aliphatic carbocycles. The van der Waals surface area contributed by atoms with Gasteiger partial charge in [-0.15, -0.1) is 10.2 Å². The van der Waals surface area contributed by atoms with Gasteiger partial charge in [-0.2, -0.15) is 4.80 Å². The highest BCUT2D eigenvalue weighted by Crippen LogP contribution is 2.26. The van der Waals surface area contributed by atoms with Gasteiger partial charge in [-0.25, -0.2) is 0 Å². The van der Waals surface area contributed by atoms with E-state index in [2.05, 4.69) is 15.4 Å². The van der Waals surface area contributed by atoms with Crippen LogP contribution in [0, 0.1) is 13.8 Å². The molecule has 6 heteroatoms. The van der Waals surface area contributed by atoms with E-state index >= 15 is 0 Å². The smallest absolute Gasteiger partial charge is 0.212 e. The van der Waals surface area contributed by atoms with Gasteiger partial charge in [-0.05, 0) is 42.3 Å². The molecule has 0 N–H and O–H groups in total. The summed E-state index contributed by atoms with van der Waals surface area (Å²) < 4.78 is 5.59. The Morgan fingerprint density at radius 3 is 2.47 bits per heavy atom. The predicted octanol–water partition coefficient (Wildman–Crippen LogP) is 2.06. The zero-order valence-corrected chi connectivity index (χ0v) is 10.7. The second kappa shape index (κ2) is 4.71. The van der Waals surface area contributed by atoms with Crippen LogP contribution in [0.5, 0.6) is 5.75 Å². The molecule has 17 heavy (non-hydrogen) atoms. The Labute approximate surface area is 104 Å². The lowest BCUT2D eigenvalue weighted by molar-refractivity contribution is 0.295. The molecule has 0 saturated heterocycles. The molecular weight excluding hydrogens is 240 g/mol. The maximum atomic E-state index is 6.08. The number of hydrogen-bond donors (Lipinski definition) is 0. The zero-order valence-electron chi connectivity index (χ0n) is 9.94. The fourth-order valence-electron chi connectivity index (χ4n) is 1.52. The summed E-state index contributed by atoms with van der Waals surface area (Å²) in [6.45, 7) is 4.19. The summed E-state index contributed by atoms with van der Waals surface area (Å²) in [5, 5.41) is 12.4. The molecule has 0 amide bonds. The summed E-state index contributed by atoms with van der Waals surface area (Å²) >= 11 is 6.08. The minimum Gasteiger partial charge on any atom is -0.485 e. The Hall–Kier alpha value is -1.62. The van der Waals surface area contributed by atoms with Gasteiger partial charge in [0.15, 0.2) is 6.61 Å². The number of aryl methyl sites for hydroxylation is 3. The third kappa shape index (κ3) is 2.74. The monoisotopic (exact) mass is 252 g/mol. The minimum atomic E-state index is 0.300. The normalized spacial score (nSPS) is 10.6. The van der Waals surface area contributed by atoms with Crippen LogP contribution in [0.3, 0.4) is 0 Å². The van der Waals surface area contributed by atoms with Gasteiger partial charge in [0.05, 0.1) is 7.05 Å². The highest BCUT2D eigenvalue weighted by Gasteiger charge is 2.05. The fraction of sp³-hybridized carbons (Fsp3) is 0.364. The molecule has 0 bridgehead atoms. The second-order valence-corrected chi connectivity index (χ2v) is 4.23. The summed E-state index contributed by atoms with van der Waals surface area (Å²) in [6, 6.07) is 3.79. The van der Waals surface area contributed by atoms with E-state index in [-0.39, 0.29) is 0 Å². The van der Waals surface area contributed by atoms with E-state index in [1.807, 2.05) is 26.0 Å². The first-order chi connectivity index (χ1) is 8.06. The van der Waals surface area contributed by atoms with Gasteiger partial charge in [-0.3, -0.25) is 0 Å². The van der Waals surface area contributed by atoms with Crippen LogP contribution in [-0.2, 0) is 13.7 Å². The fourth-order valence-corrected chi connectivity index (χ4v) is 1.63. The molecule has 1 aromatic carbocycles. The lowest BCUT2D eigenvalue weighted by atomic mass is 10.1. The third-order valence-corrected chi connectivity index (χ3v) is 2.92. The van der Waals surface area contributed by atoms with E-state index in [1.54, 1.807) is 7.05 Å². The number of tetrazole rings is 1. The van der Waals surface area contributed by atoms with Crippen LogP contribution in [0.25, 0.3) is 0 Å². The Kier molecular flexibility index (Phi) is 3.28. The molecule has 0 unspecified atom stereocenters. The molecule has 2 aromatic rings. The molecule has 1 aromatic heterocycles. The average Bonchev–Trinajstić information content (AvgIpc) is 2.69. The van der Waals surface area contributed by atoms with Crippen molar-refractivity contribution in [3.63, 3.8) is 0 Å². The van der Waals surface area contributed by atoms with E-state index in [9.17, 15) is 0 Å². The molecule has 0 radical (unpaired) electrons. The molecule has 0 saturated carbocycles. The first kappa shape index (κ1) is 11.9. The molecular formula is C11H13ClN4O. The predicted molar refractivity (Wildman–Crippen MR) is 64.1 cm³/mol. The molecule has 0 atom stereocenters. The molecule has 0 spiro atoms. The lowest BCUT2D eigenvalue weighted by Crippen LogP contribution is -1.99. The van der Waals surface area contributed by atoms with Gasteiger partial charge in [0.25, 0.3) is 0 Å². The topological polar surface area (TPSA) is 52.8 Å². The van der Waals surface area contributed by atoms with Crippen molar-refractivity contribution in [2.45, 2.75) is 20.5 Å². The largest absolute Gasteiger partial charge is 0.485 e. The first-order valence-electron chi connectivity index (χ1n) is 5.18. The van der Waals surface area contributed by atoms with Crippen molar-refractivity contribution in [1.29, 1.82) is 0 Å². The van der Waals surface area contributed by atoms with Gasteiger partial charge in [-0.1, -0.05) is 11.6 Å². The number of ether oxygens (including phenoxy) is 1. The Balaban J connectivity index is 2.09. The third-order valence-electron chi connectivity index (χ3n) is 2.33. The first-order valence-corrected chi connectivity index (χ1v) is 5.56. The van der Waals surface area contributed by atoms with E-state index in [1.165, 1.54) is 4.80 Å². The van der Waals surface area contributed by atoms with Crippen LogP contribution in [0.4, 0.5) is 0 Å². The number of hydrogen-bond acceptors (Lipinski definition) is 4. The Morgan fingerprint density at radius 2 is 1.94 bits per heavy atom. The Bertz CT molecular complexity index is 515. The Morgan fingerprint density at radius 1 is 1.29 bits per heavy atom. The van der Waals surface area contributed by atoms with Crippen LogP contribution < -0.4 is 4.74 Å². The van der Waals surface area contributed by atoms with E-state index < -0.39 is 0 Å². The van der Waals surface area contributed by atoms with Crippen LogP contribution in [-0.4, -0.2) is 20.2 Å². The molecule has 0 aliphatic rings. The van der Waals surface area contributed by atoms with Crippen LogP contribution in [0.1, 0.15) is 17.0 Å². The SMILES string of the molecule is Cc1cc(OCc2nnn(C)n2)cc(C)c1Cl. The maximum absolute atomic E-state index is 6.08. The summed E-state index contributed by atoms with van der Waals surface area (Å²) in [5.41, 5.74) is 1.99. The van der Waals surface area contributed by atoms with Gasteiger partial charge in [0, 0.05) is 5.02 Å². The van der Waals surface area contributed by atoms with Gasteiger partial charge < -0.3 is 4.74 Å². The molecule has 5 nitrogen and oxygen atoms in total. The van der Waals surface area contributed by atoms with Crippen LogP contribution in [0.15, 0.2) is 12.1 Å². The standard InChI is InChI=1S/C11H13ClN4O/c1-7-4-9(5-8(2)11(7)12)17-6-10-13-15-16(3)14-10/h4-5H,6H2,1-3H3. The molecule has 0 fully saturated rings. The van der Waals surface area contributed by atoms with Gasteiger partial charge in [0.1, 0.15) is 5.75 Å². The minimum absolute atomic E-state index is 0.300. The summed E-state index contributed by atoms with van der Waals surface area (Å²) in [7, 11) is 1.72. The average molecular weight is 253 g/mol. The zero-order chi connectivity index (χ0) is 12.4. The summed E-state index contributed by atoms with van der Waals surface area (Å²) in [4.78, 5) is 1.40. The molecule has 1 heterocycles. The number of rotatable bonds is 3. The molecule has 2 rings (SSSR count). The molecule has 90 valence electrons. The second-order valence-electron chi connectivity index (χ2n) is 3.85. The van der Waals surface area contributed by atoms with Gasteiger partial charge in [0.2, 0.25) is 5.82 Å². The van der Waals surface area contributed by atoms with Crippen molar-refractivity contribution < 1.29 is 4.74 Å². The van der Waals surface area contributed by atoms with Crippen LogP contribution in [0.2, 0.25) is 5.02 Å². The lowest BCUT2D eigenvalue weighted by Gasteiger charge is -2.08. The van der Waals surface area contributed by atoms with Crippen molar-refractivity contribution in [3.05, 3.63) is 34.1 Å². The van der Waals surface area contributed by atoms with Crippen LogP contribution >= 0.6 is 11.6 Å². The van der Waals surface area contributed by atoms with E-state index in [0.29, 0.717) is 12.4 Å². The van der Waals surface area contributed by atoms with Crippen molar-refractivity contribution in [2.24, 2.45) is 7.05 Å². The highest BCUT2D eigenvalue weighted by molar-refractivity contribution is 6.32. The van der Waals surface area contributed by atoms with Gasteiger partial charge >= 0.3 is 0 Å². The van der Waals surface area contributed by atoms with Crippen molar-refractivity contribution >= 4 is 11.6 Å². The van der Waals surface area contributed by atoms with E-state index in [4.69, 9.17) is 16.3 Å². The van der Waals surface area contributed by atoms with E-state index in [0.717, 1.165) is 21.9 Å².